The molecule has 3 nitrogen and oxygen atoms in total. The number of aliphatic hydroxyl groups excluding tert-OH is 1. The molecule has 0 saturated carbocycles. The standard InChI is InChI=1S/C19H29NO2/c1-15(2)16-8-11-20(12-9-16)18(21)19(10-13-22-14-19)17-6-4-3-5-7-17/h3-7,15-16,18,21H,8-14H2,1-2H3. The van der Waals surface area contributed by atoms with E-state index in [1.54, 1.807) is 0 Å². The monoisotopic (exact) mass is 303 g/mol. The Morgan fingerprint density at radius 2 is 1.86 bits per heavy atom. The molecule has 2 aliphatic rings. The summed E-state index contributed by atoms with van der Waals surface area (Å²) in [6.07, 6.45) is 2.86. The van der Waals surface area contributed by atoms with Crippen LogP contribution in [0.3, 0.4) is 0 Å². The second-order valence-corrected chi connectivity index (χ2v) is 7.32. The summed E-state index contributed by atoms with van der Waals surface area (Å²) in [5.41, 5.74) is 0.956. The third kappa shape index (κ3) is 2.94. The summed E-state index contributed by atoms with van der Waals surface area (Å²) < 4.78 is 5.70. The number of rotatable bonds is 4. The van der Waals surface area contributed by atoms with E-state index in [2.05, 4.69) is 43.0 Å². The van der Waals surface area contributed by atoms with Gasteiger partial charge in [0, 0.05) is 19.7 Å². The Balaban J connectivity index is 1.76. The molecule has 0 aliphatic carbocycles. The molecule has 2 saturated heterocycles. The van der Waals surface area contributed by atoms with Crippen molar-refractivity contribution in [1.29, 1.82) is 0 Å². The average molecular weight is 303 g/mol. The van der Waals surface area contributed by atoms with Crippen LogP contribution in [-0.2, 0) is 10.2 Å². The van der Waals surface area contributed by atoms with E-state index >= 15 is 0 Å². The smallest absolute Gasteiger partial charge is 0.119 e. The molecule has 2 fully saturated rings. The zero-order valence-electron chi connectivity index (χ0n) is 13.9. The van der Waals surface area contributed by atoms with Crippen molar-refractivity contribution in [2.45, 2.75) is 44.8 Å². The highest BCUT2D eigenvalue weighted by atomic mass is 16.5. The minimum atomic E-state index is -0.439. The first-order valence-electron chi connectivity index (χ1n) is 8.69. The molecule has 2 aliphatic heterocycles. The van der Waals surface area contributed by atoms with Gasteiger partial charge in [0.1, 0.15) is 6.23 Å². The van der Waals surface area contributed by atoms with Crippen molar-refractivity contribution in [1.82, 2.24) is 4.90 Å². The largest absolute Gasteiger partial charge is 0.380 e. The maximum absolute atomic E-state index is 11.1. The molecule has 1 N–H and O–H groups in total. The first kappa shape index (κ1) is 16.0. The Morgan fingerprint density at radius 3 is 2.41 bits per heavy atom. The SMILES string of the molecule is CC(C)C1CCN(C(O)C2(c3ccccc3)CCOC2)CC1. The maximum atomic E-state index is 11.1. The Kier molecular flexibility index (Phi) is 4.86. The summed E-state index contributed by atoms with van der Waals surface area (Å²) in [6.45, 7) is 7.99. The van der Waals surface area contributed by atoms with Crippen molar-refractivity contribution in [2.75, 3.05) is 26.3 Å². The molecule has 2 heterocycles. The van der Waals surface area contributed by atoms with Crippen LogP contribution in [0, 0.1) is 11.8 Å². The normalized spacial score (nSPS) is 29.1. The highest BCUT2D eigenvalue weighted by molar-refractivity contribution is 5.28. The summed E-state index contributed by atoms with van der Waals surface area (Å²) in [5.74, 6) is 1.55. The van der Waals surface area contributed by atoms with Crippen LogP contribution in [0.2, 0.25) is 0 Å². The summed E-state index contributed by atoms with van der Waals surface area (Å²) in [5, 5.41) is 11.1. The van der Waals surface area contributed by atoms with Gasteiger partial charge < -0.3 is 9.84 Å². The Bertz CT molecular complexity index is 460. The fraction of sp³-hybridized carbons (Fsp3) is 0.684. The summed E-state index contributed by atoms with van der Waals surface area (Å²) in [4.78, 5) is 2.28. The van der Waals surface area contributed by atoms with Crippen LogP contribution in [0.4, 0.5) is 0 Å². The fourth-order valence-electron chi connectivity index (χ4n) is 4.11. The molecule has 1 aromatic carbocycles. The lowest BCUT2D eigenvalue weighted by Crippen LogP contribution is -2.53. The minimum absolute atomic E-state index is 0.258. The number of nitrogens with zero attached hydrogens (tertiary/aromatic N) is 1. The van der Waals surface area contributed by atoms with Gasteiger partial charge in [0.15, 0.2) is 0 Å². The predicted molar refractivity (Wildman–Crippen MR) is 88.7 cm³/mol. The molecule has 2 atom stereocenters. The van der Waals surface area contributed by atoms with Gasteiger partial charge in [-0.15, -0.1) is 0 Å². The molecule has 0 spiro atoms. The summed E-state index contributed by atoms with van der Waals surface area (Å²) >= 11 is 0. The molecular formula is C19H29NO2. The van der Waals surface area contributed by atoms with Gasteiger partial charge in [-0.3, -0.25) is 4.90 Å². The van der Waals surface area contributed by atoms with Crippen molar-refractivity contribution >= 4 is 0 Å². The van der Waals surface area contributed by atoms with E-state index in [9.17, 15) is 5.11 Å². The van der Waals surface area contributed by atoms with E-state index in [0.717, 1.165) is 38.0 Å². The predicted octanol–water partition coefficient (Wildman–Crippen LogP) is 3.03. The number of piperidine rings is 1. The van der Waals surface area contributed by atoms with Crippen LogP contribution in [0.25, 0.3) is 0 Å². The number of likely N-dealkylation sites (tertiary alicyclic amines) is 1. The second kappa shape index (κ2) is 6.69. The van der Waals surface area contributed by atoms with E-state index in [1.807, 2.05) is 6.07 Å². The zero-order chi connectivity index (χ0) is 15.6. The van der Waals surface area contributed by atoms with Crippen LogP contribution in [0.1, 0.15) is 38.7 Å². The molecule has 0 bridgehead atoms. The minimum Gasteiger partial charge on any atom is -0.380 e. The third-order valence-corrected chi connectivity index (χ3v) is 5.76. The molecule has 0 aromatic heterocycles. The molecule has 2 unspecified atom stereocenters. The topological polar surface area (TPSA) is 32.7 Å². The van der Waals surface area contributed by atoms with Crippen LogP contribution < -0.4 is 0 Å². The van der Waals surface area contributed by atoms with E-state index in [-0.39, 0.29) is 5.41 Å². The lowest BCUT2D eigenvalue weighted by Gasteiger charge is -2.44. The lowest BCUT2D eigenvalue weighted by molar-refractivity contribution is -0.0751. The molecular weight excluding hydrogens is 274 g/mol. The van der Waals surface area contributed by atoms with Crippen LogP contribution in [0.15, 0.2) is 30.3 Å². The summed E-state index contributed by atoms with van der Waals surface area (Å²) in [7, 11) is 0. The third-order valence-electron chi connectivity index (χ3n) is 5.76. The molecule has 3 heteroatoms. The molecule has 122 valence electrons. The average Bonchev–Trinajstić information content (AvgIpc) is 3.06. The van der Waals surface area contributed by atoms with Gasteiger partial charge in [-0.2, -0.15) is 0 Å². The van der Waals surface area contributed by atoms with E-state index in [0.29, 0.717) is 6.61 Å². The van der Waals surface area contributed by atoms with Gasteiger partial charge in [-0.1, -0.05) is 44.2 Å². The Labute approximate surface area is 134 Å². The number of hydrogen-bond donors (Lipinski definition) is 1. The van der Waals surface area contributed by atoms with Crippen molar-refractivity contribution in [3.63, 3.8) is 0 Å². The molecule has 1 aromatic rings. The number of aliphatic hydroxyl groups is 1. The van der Waals surface area contributed by atoms with E-state index < -0.39 is 6.23 Å². The van der Waals surface area contributed by atoms with Gasteiger partial charge in [0.25, 0.3) is 0 Å². The number of benzene rings is 1. The highest BCUT2D eigenvalue weighted by Crippen LogP contribution is 2.39. The van der Waals surface area contributed by atoms with Gasteiger partial charge >= 0.3 is 0 Å². The molecule has 0 amide bonds. The van der Waals surface area contributed by atoms with Crippen LogP contribution in [-0.4, -0.2) is 42.5 Å². The molecule has 3 rings (SSSR count). The lowest BCUT2D eigenvalue weighted by atomic mass is 9.76. The van der Waals surface area contributed by atoms with Crippen molar-refractivity contribution < 1.29 is 9.84 Å². The Morgan fingerprint density at radius 1 is 1.18 bits per heavy atom. The first-order chi connectivity index (χ1) is 10.6. The second-order valence-electron chi connectivity index (χ2n) is 7.32. The van der Waals surface area contributed by atoms with Crippen LogP contribution >= 0.6 is 0 Å². The van der Waals surface area contributed by atoms with Crippen LogP contribution in [0.5, 0.6) is 0 Å². The van der Waals surface area contributed by atoms with Gasteiger partial charge in [0.05, 0.1) is 12.0 Å². The Hall–Kier alpha value is -0.900. The summed E-state index contributed by atoms with van der Waals surface area (Å²) in [6, 6.07) is 10.4. The van der Waals surface area contributed by atoms with Gasteiger partial charge in [-0.25, -0.2) is 0 Å². The van der Waals surface area contributed by atoms with Crippen molar-refractivity contribution in [2.24, 2.45) is 11.8 Å². The highest BCUT2D eigenvalue weighted by Gasteiger charge is 2.46. The maximum Gasteiger partial charge on any atom is 0.119 e. The molecule has 0 radical (unpaired) electrons. The van der Waals surface area contributed by atoms with Gasteiger partial charge in [-0.05, 0) is 36.7 Å². The fourth-order valence-corrected chi connectivity index (χ4v) is 4.11. The van der Waals surface area contributed by atoms with Crippen molar-refractivity contribution in [3.05, 3.63) is 35.9 Å². The molecule has 22 heavy (non-hydrogen) atoms. The number of hydrogen-bond acceptors (Lipinski definition) is 3. The van der Waals surface area contributed by atoms with E-state index in [1.165, 1.54) is 18.4 Å². The number of ether oxygens (including phenoxy) is 1. The van der Waals surface area contributed by atoms with E-state index in [4.69, 9.17) is 4.74 Å². The zero-order valence-corrected chi connectivity index (χ0v) is 13.9. The van der Waals surface area contributed by atoms with Crippen molar-refractivity contribution in [3.8, 4) is 0 Å². The first-order valence-corrected chi connectivity index (χ1v) is 8.69. The quantitative estimate of drug-likeness (QED) is 0.928. The van der Waals surface area contributed by atoms with Gasteiger partial charge in [0.2, 0.25) is 0 Å².